The van der Waals surface area contributed by atoms with Gasteiger partial charge in [-0.3, -0.25) is 4.79 Å². The number of rotatable bonds is 4. The van der Waals surface area contributed by atoms with Gasteiger partial charge in [-0.1, -0.05) is 0 Å². The van der Waals surface area contributed by atoms with Crippen LogP contribution in [0.2, 0.25) is 0 Å². The fourth-order valence-electron chi connectivity index (χ4n) is 1.23. The molecule has 0 saturated heterocycles. The van der Waals surface area contributed by atoms with Gasteiger partial charge in [0.05, 0.1) is 11.5 Å². The maximum absolute atomic E-state index is 10.7. The molecule has 0 aliphatic heterocycles. The monoisotopic (exact) mass is 187 g/mol. The van der Waals surface area contributed by atoms with Gasteiger partial charge in [-0.2, -0.15) is 0 Å². The molecule has 0 aromatic heterocycles. The van der Waals surface area contributed by atoms with Gasteiger partial charge in [0.2, 0.25) is 0 Å². The second-order valence-electron chi connectivity index (χ2n) is 4.39. The van der Waals surface area contributed by atoms with Gasteiger partial charge in [-0.15, -0.1) is 0 Å². The van der Waals surface area contributed by atoms with E-state index in [2.05, 4.69) is 5.32 Å². The van der Waals surface area contributed by atoms with E-state index in [9.17, 15) is 4.79 Å². The van der Waals surface area contributed by atoms with Crippen molar-refractivity contribution < 1.29 is 15.0 Å². The number of carbonyl (C=O) groups is 1. The quantitative estimate of drug-likeness (QED) is 0.588. The lowest BCUT2D eigenvalue weighted by atomic mass is 9.87. The number of carboxylic acid groups (broad SMARTS) is 1. The summed E-state index contributed by atoms with van der Waals surface area (Å²) in [6.45, 7) is 3.84. The molecule has 1 fully saturated rings. The molecule has 0 amide bonds. The molecule has 1 rings (SSSR count). The van der Waals surface area contributed by atoms with Crippen molar-refractivity contribution in [1.29, 1.82) is 0 Å². The van der Waals surface area contributed by atoms with Gasteiger partial charge < -0.3 is 15.5 Å². The Morgan fingerprint density at radius 3 is 2.46 bits per heavy atom. The number of aliphatic carboxylic acids is 1. The molecule has 1 saturated carbocycles. The lowest BCUT2D eigenvalue weighted by Crippen LogP contribution is -2.48. The molecule has 1 aliphatic rings. The van der Waals surface area contributed by atoms with Gasteiger partial charge in [0.1, 0.15) is 0 Å². The normalized spacial score (nSPS) is 28.2. The van der Waals surface area contributed by atoms with Crippen LogP contribution < -0.4 is 5.32 Å². The minimum absolute atomic E-state index is 0.189. The van der Waals surface area contributed by atoms with Crippen molar-refractivity contribution in [2.45, 2.75) is 38.8 Å². The van der Waals surface area contributed by atoms with Crippen molar-refractivity contribution in [3.63, 3.8) is 0 Å². The highest BCUT2D eigenvalue weighted by molar-refractivity contribution is 5.73. The molecule has 0 atom stereocenters. The predicted octanol–water partition coefficient (Wildman–Crippen LogP) is 0.210. The first-order valence-corrected chi connectivity index (χ1v) is 4.56. The summed E-state index contributed by atoms with van der Waals surface area (Å²) in [7, 11) is 0. The highest BCUT2D eigenvalue weighted by atomic mass is 16.4. The summed E-state index contributed by atoms with van der Waals surface area (Å²) in [5, 5.41) is 20.9. The van der Waals surface area contributed by atoms with Crippen molar-refractivity contribution in [3.05, 3.63) is 0 Å². The molecule has 4 heteroatoms. The van der Waals surface area contributed by atoms with E-state index in [1.165, 1.54) is 0 Å². The van der Waals surface area contributed by atoms with Gasteiger partial charge in [-0.25, -0.2) is 0 Å². The zero-order valence-electron chi connectivity index (χ0n) is 8.08. The molecule has 0 unspecified atom stereocenters. The van der Waals surface area contributed by atoms with Crippen LogP contribution in [-0.2, 0) is 4.79 Å². The Bertz CT molecular complexity index is 197. The number of aliphatic hydroxyl groups is 1. The molecular weight excluding hydrogens is 170 g/mol. The summed E-state index contributed by atoms with van der Waals surface area (Å²) < 4.78 is 0. The van der Waals surface area contributed by atoms with Gasteiger partial charge in [0, 0.05) is 12.6 Å². The largest absolute Gasteiger partial charge is 0.481 e. The molecule has 0 spiro atoms. The molecule has 0 bridgehead atoms. The highest BCUT2D eigenvalue weighted by Gasteiger charge is 2.31. The summed E-state index contributed by atoms with van der Waals surface area (Å²) in [5.41, 5.74) is -0.722. The third-order valence-corrected chi connectivity index (χ3v) is 2.52. The topological polar surface area (TPSA) is 69.6 Å². The molecular formula is C9H17NO3. The number of carboxylic acids is 1. The molecule has 4 nitrogen and oxygen atoms in total. The summed E-state index contributed by atoms with van der Waals surface area (Å²) in [6, 6.07) is 0.300. The first kappa shape index (κ1) is 10.5. The summed E-state index contributed by atoms with van der Waals surface area (Å²) >= 11 is 0. The number of nitrogens with one attached hydrogen (secondary N) is 1. The van der Waals surface area contributed by atoms with Gasteiger partial charge in [0.15, 0.2) is 0 Å². The Balaban J connectivity index is 2.22. The fourth-order valence-corrected chi connectivity index (χ4v) is 1.23. The van der Waals surface area contributed by atoms with Gasteiger partial charge >= 0.3 is 5.97 Å². The Kier molecular flexibility index (Phi) is 2.93. The molecule has 13 heavy (non-hydrogen) atoms. The molecule has 0 heterocycles. The van der Waals surface area contributed by atoms with E-state index in [-0.39, 0.29) is 6.10 Å². The third kappa shape index (κ3) is 2.67. The van der Waals surface area contributed by atoms with Crippen LogP contribution in [0.5, 0.6) is 0 Å². The molecule has 0 aromatic carbocycles. The van der Waals surface area contributed by atoms with Gasteiger partial charge in [-0.05, 0) is 26.7 Å². The van der Waals surface area contributed by atoms with Crippen LogP contribution in [0.1, 0.15) is 26.7 Å². The van der Waals surface area contributed by atoms with Crippen molar-refractivity contribution in [2.24, 2.45) is 5.41 Å². The SMILES string of the molecule is CC(C)(CNC1CC(O)C1)C(=O)O. The van der Waals surface area contributed by atoms with E-state index < -0.39 is 11.4 Å². The van der Waals surface area contributed by atoms with E-state index in [0.29, 0.717) is 12.6 Å². The lowest BCUT2D eigenvalue weighted by Gasteiger charge is -2.34. The van der Waals surface area contributed by atoms with Crippen LogP contribution in [0.3, 0.4) is 0 Å². The van der Waals surface area contributed by atoms with E-state index in [1.54, 1.807) is 13.8 Å². The zero-order valence-corrected chi connectivity index (χ0v) is 8.08. The predicted molar refractivity (Wildman–Crippen MR) is 48.4 cm³/mol. The van der Waals surface area contributed by atoms with E-state index in [4.69, 9.17) is 10.2 Å². The van der Waals surface area contributed by atoms with Crippen LogP contribution >= 0.6 is 0 Å². The third-order valence-electron chi connectivity index (χ3n) is 2.52. The first-order valence-electron chi connectivity index (χ1n) is 4.56. The smallest absolute Gasteiger partial charge is 0.310 e. The Labute approximate surface area is 78.0 Å². The van der Waals surface area contributed by atoms with E-state index in [1.807, 2.05) is 0 Å². The minimum Gasteiger partial charge on any atom is -0.481 e. The van der Waals surface area contributed by atoms with Crippen molar-refractivity contribution in [1.82, 2.24) is 5.32 Å². The van der Waals surface area contributed by atoms with Crippen molar-refractivity contribution in [2.75, 3.05) is 6.54 Å². The summed E-state index contributed by atoms with van der Waals surface area (Å²) in [6.07, 6.45) is 1.30. The highest BCUT2D eigenvalue weighted by Crippen LogP contribution is 2.21. The van der Waals surface area contributed by atoms with Crippen LogP contribution in [-0.4, -0.2) is 34.9 Å². The van der Waals surface area contributed by atoms with Crippen LogP contribution in [0.15, 0.2) is 0 Å². The first-order chi connectivity index (χ1) is 5.92. The second kappa shape index (κ2) is 3.64. The van der Waals surface area contributed by atoms with E-state index >= 15 is 0 Å². The van der Waals surface area contributed by atoms with Crippen LogP contribution in [0, 0.1) is 5.41 Å². The molecule has 1 aliphatic carbocycles. The average Bonchev–Trinajstić information content (AvgIpc) is 1.95. The van der Waals surface area contributed by atoms with E-state index in [0.717, 1.165) is 12.8 Å². The number of hydrogen-bond donors (Lipinski definition) is 3. The summed E-state index contributed by atoms with van der Waals surface area (Å²) in [5.74, 6) is -0.792. The molecule has 3 N–H and O–H groups in total. The number of aliphatic hydroxyl groups excluding tert-OH is 1. The standard InChI is InChI=1S/C9H17NO3/c1-9(2,8(12)13)5-10-6-3-7(11)4-6/h6-7,10-11H,3-5H2,1-2H3,(H,12,13). The Morgan fingerprint density at radius 1 is 1.54 bits per heavy atom. The second-order valence-corrected chi connectivity index (χ2v) is 4.39. The fraction of sp³-hybridized carbons (Fsp3) is 0.889. The molecule has 0 radical (unpaired) electrons. The Hall–Kier alpha value is -0.610. The minimum atomic E-state index is -0.792. The van der Waals surface area contributed by atoms with Crippen LogP contribution in [0.4, 0.5) is 0 Å². The molecule has 0 aromatic rings. The van der Waals surface area contributed by atoms with Crippen LogP contribution in [0.25, 0.3) is 0 Å². The Morgan fingerprint density at radius 2 is 2.08 bits per heavy atom. The zero-order chi connectivity index (χ0) is 10.1. The van der Waals surface area contributed by atoms with Crippen molar-refractivity contribution >= 4 is 5.97 Å². The lowest BCUT2D eigenvalue weighted by molar-refractivity contribution is -0.146. The molecule has 76 valence electrons. The summed E-state index contributed by atoms with van der Waals surface area (Å²) in [4.78, 5) is 10.7. The number of hydrogen-bond acceptors (Lipinski definition) is 3. The van der Waals surface area contributed by atoms with Gasteiger partial charge in [0.25, 0.3) is 0 Å². The van der Waals surface area contributed by atoms with Crippen molar-refractivity contribution in [3.8, 4) is 0 Å². The average molecular weight is 187 g/mol. The maximum Gasteiger partial charge on any atom is 0.310 e. The maximum atomic E-state index is 10.7.